The Labute approximate surface area is 87.5 Å². The number of benzene rings is 1. The zero-order valence-electron chi connectivity index (χ0n) is 7.06. The monoisotopic (exact) mass is 286 g/mol. The maximum atomic E-state index is 10.1. The van der Waals surface area contributed by atoms with Crippen LogP contribution in [0.4, 0.5) is 0 Å². The Kier molecular flexibility index (Phi) is 4.85. The zero-order valence-corrected chi connectivity index (χ0v) is 9.92. The molecule has 0 saturated carbocycles. The Morgan fingerprint density at radius 2 is 2.08 bits per heavy atom. The molecule has 1 N–H and O–H groups in total. The molecule has 68 valence electrons. The molecule has 1 aromatic carbocycles. The van der Waals surface area contributed by atoms with Crippen molar-refractivity contribution in [3.8, 4) is 0 Å². The van der Waals surface area contributed by atoms with Crippen molar-refractivity contribution in [3.63, 3.8) is 0 Å². The van der Waals surface area contributed by atoms with Crippen molar-refractivity contribution in [1.82, 2.24) is 0 Å². The van der Waals surface area contributed by atoms with E-state index in [1.54, 1.807) is 0 Å². The number of hydrogen-bond donors (Lipinski definition) is 1. The van der Waals surface area contributed by atoms with Gasteiger partial charge < -0.3 is 0 Å². The van der Waals surface area contributed by atoms with Gasteiger partial charge in [-0.3, -0.25) is 0 Å². The normalized spacial score (nSPS) is 9.85. The van der Waals surface area contributed by atoms with Crippen molar-refractivity contribution in [2.24, 2.45) is 0 Å². The molecule has 0 aliphatic rings. The molecular weight excluding hydrogens is 275 g/mol. The summed E-state index contributed by atoms with van der Waals surface area (Å²) in [7, 11) is 0. The van der Waals surface area contributed by atoms with Crippen molar-refractivity contribution in [1.29, 1.82) is 0 Å². The van der Waals surface area contributed by atoms with Crippen molar-refractivity contribution >= 4 is 31.1 Å². The van der Waals surface area contributed by atoms with E-state index in [0.29, 0.717) is 6.61 Å². The van der Waals surface area contributed by atoms with Gasteiger partial charge in [0.2, 0.25) is 0 Å². The summed E-state index contributed by atoms with van der Waals surface area (Å²) in [6.07, 6.45) is 0.105. The van der Waals surface area contributed by atoms with Crippen LogP contribution in [-0.2, 0) is 7.87 Å². The number of carboxylic acid groups (broad SMARTS) is 1. The summed E-state index contributed by atoms with van der Waals surface area (Å²) in [6.45, 7) is 0.344. The Balaban J connectivity index is 2.17. The van der Waals surface area contributed by atoms with Gasteiger partial charge in [-0.1, -0.05) is 0 Å². The molecule has 0 atom stereocenters. The molecule has 0 bridgehead atoms. The summed E-state index contributed by atoms with van der Waals surface area (Å²) in [5.74, 6) is -0.799. The molecule has 0 aliphatic heterocycles. The molecule has 0 spiro atoms. The second-order valence-electron chi connectivity index (χ2n) is 2.46. The average molecular weight is 285 g/mol. The topological polar surface area (TPSA) is 46.5 Å². The quantitative estimate of drug-likeness (QED) is 0.630. The second kappa shape index (κ2) is 5.99. The molecule has 3 nitrogen and oxygen atoms in total. The van der Waals surface area contributed by atoms with Crippen molar-refractivity contribution in [2.75, 3.05) is 6.61 Å². The molecule has 0 unspecified atom stereocenters. The van der Waals surface area contributed by atoms with Crippen molar-refractivity contribution in [3.05, 3.63) is 30.3 Å². The molecule has 0 aliphatic carbocycles. The predicted octanol–water partition coefficient (Wildman–Crippen LogP) is 0.422. The Morgan fingerprint density at radius 3 is 2.69 bits per heavy atom. The Bertz CT molecular complexity index is 261. The van der Waals surface area contributed by atoms with E-state index in [1.807, 2.05) is 30.3 Å². The van der Waals surface area contributed by atoms with E-state index in [0.717, 1.165) is 0 Å². The predicted molar refractivity (Wildman–Crippen MR) is 50.0 cm³/mol. The Morgan fingerprint density at radius 1 is 1.38 bits per heavy atom. The van der Waals surface area contributed by atoms with Crippen molar-refractivity contribution in [2.45, 2.75) is 6.42 Å². The number of hydrogen-bond acceptors (Lipinski definition) is 2. The molecule has 0 saturated heterocycles. The van der Waals surface area contributed by atoms with Gasteiger partial charge in [0.05, 0.1) is 0 Å². The zero-order chi connectivity index (χ0) is 9.52. The second-order valence-corrected chi connectivity index (χ2v) is 5.51. The van der Waals surface area contributed by atoms with Crippen LogP contribution >= 0.6 is 0 Å². The van der Waals surface area contributed by atoms with Gasteiger partial charge in [-0.2, -0.15) is 0 Å². The van der Waals surface area contributed by atoms with Gasteiger partial charge in [0.15, 0.2) is 0 Å². The van der Waals surface area contributed by atoms with E-state index < -0.39 is 27.5 Å². The average Bonchev–Trinajstić information content (AvgIpc) is 2.14. The molecule has 2 radical (unpaired) electrons. The molecule has 0 amide bonds. The molecule has 0 aromatic heterocycles. The van der Waals surface area contributed by atoms with E-state index in [4.69, 9.17) is 8.18 Å². The molecule has 0 heterocycles. The fourth-order valence-corrected chi connectivity index (χ4v) is 2.77. The van der Waals surface area contributed by atoms with Crippen LogP contribution in [0.1, 0.15) is 6.42 Å². The number of carboxylic acids is 1. The van der Waals surface area contributed by atoms with Crippen LogP contribution in [0.25, 0.3) is 0 Å². The Hall–Kier alpha value is -0.551. The SMILES string of the molecule is O=C(O)CC[O][Sn][c]1ccccc1. The van der Waals surface area contributed by atoms with Gasteiger partial charge >= 0.3 is 87.4 Å². The molecule has 13 heavy (non-hydrogen) atoms. The van der Waals surface area contributed by atoms with Crippen LogP contribution in [0.15, 0.2) is 30.3 Å². The minimum atomic E-state index is -0.986. The van der Waals surface area contributed by atoms with Gasteiger partial charge in [-0.25, -0.2) is 0 Å². The number of rotatable bonds is 5. The van der Waals surface area contributed by atoms with Crippen LogP contribution in [-0.4, -0.2) is 39.2 Å². The summed E-state index contributed by atoms with van der Waals surface area (Å²) < 4.78 is 6.55. The fraction of sp³-hybridized carbons (Fsp3) is 0.222. The van der Waals surface area contributed by atoms with Gasteiger partial charge in [-0.05, 0) is 0 Å². The molecule has 1 rings (SSSR count). The van der Waals surface area contributed by atoms with Crippen LogP contribution in [0, 0.1) is 0 Å². The molecule has 0 fully saturated rings. The fourth-order valence-electron chi connectivity index (χ4n) is 0.779. The van der Waals surface area contributed by atoms with Crippen LogP contribution in [0.2, 0.25) is 0 Å². The first-order valence-electron chi connectivity index (χ1n) is 3.93. The standard InChI is InChI=1S/C6H5.C3H5O3.Sn/c1-2-4-6-5-3-1;4-2-1-3(5)6;/h1-5H;1-2H2,(H,5,6);/q;-1;+1. The van der Waals surface area contributed by atoms with Crippen LogP contribution in [0.3, 0.4) is 0 Å². The van der Waals surface area contributed by atoms with Crippen LogP contribution in [0.5, 0.6) is 0 Å². The van der Waals surface area contributed by atoms with E-state index in [9.17, 15) is 4.79 Å². The first kappa shape index (κ1) is 10.5. The van der Waals surface area contributed by atoms with Gasteiger partial charge in [0.25, 0.3) is 0 Å². The first-order chi connectivity index (χ1) is 6.29. The van der Waals surface area contributed by atoms with Gasteiger partial charge in [0.1, 0.15) is 0 Å². The van der Waals surface area contributed by atoms with E-state index in [2.05, 4.69) is 0 Å². The number of aliphatic carboxylic acids is 1. The van der Waals surface area contributed by atoms with Crippen molar-refractivity contribution < 1.29 is 13.0 Å². The maximum absolute atomic E-state index is 10.1. The summed E-state index contributed by atoms with van der Waals surface area (Å²) >= 11 is -0.986. The summed E-state index contributed by atoms with van der Waals surface area (Å²) in [5, 5.41) is 8.35. The number of carbonyl (C=O) groups is 1. The van der Waals surface area contributed by atoms with Gasteiger partial charge in [-0.15, -0.1) is 0 Å². The van der Waals surface area contributed by atoms with E-state index in [-0.39, 0.29) is 6.42 Å². The minimum absolute atomic E-state index is 0.105. The summed E-state index contributed by atoms with van der Waals surface area (Å²) in [6, 6.07) is 9.94. The molecule has 1 aromatic rings. The third-order valence-electron chi connectivity index (χ3n) is 1.38. The van der Waals surface area contributed by atoms with E-state index >= 15 is 0 Å². The molecule has 4 heteroatoms. The third-order valence-corrected chi connectivity index (χ3v) is 4.00. The van der Waals surface area contributed by atoms with Crippen LogP contribution < -0.4 is 3.58 Å². The third kappa shape index (κ3) is 4.90. The molecular formula is C9H10O3Sn. The first-order valence-corrected chi connectivity index (χ1v) is 6.53. The summed E-state index contributed by atoms with van der Waals surface area (Å²) in [4.78, 5) is 10.1. The van der Waals surface area contributed by atoms with Gasteiger partial charge in [0, 0.05) is 0 Å². The summed E-state index contributed by atoms with van der Waals surface area (Å²) in [5.41, 5.74) is 0. The van der Waals surface area contributed by atoms with E-state index in [1.165, 1.54) is 3.58 Å².